The average molecular weight is 311 g/mol. The van der Waals surface area contributed by atoms with E-state index in [9.17, 15) is 9.90 Å². The first-order chi connectivity index (χ1) is 10.5. The van der Waals surface area contributed by atoms with Gasteiger partial charge in [-0.2, -0.15) is 0 Å². The van der Waals surface area contributed by atoms with E-state index in [-0.39, 0.29) is 6.03 Å². The SMILES string of the molecule is CC1CCN(C[C@H](O)CNC(=O)N2[C@H](C)CCC[C@@H]2C)CC1. The van der Waals surface area contributed by atoms with Crippen molar-refractivity contribution in [3.8, 4) is 0 Å². The quantitative estimate of drug-likeness (QED) is 0.835. The number of carbonyl (C=O) groups excluding carboxylic acids is 1. The predicted octanol–water partition coefficient (Wildman–Crippen LogP) is 2.05. The number of nitrogens with one attached hydrogen (secondary N) is 1. The number of likely N-dealkylation sites (tertiary alicyclic amines) is 2. The Balaban J connectivity index is 1.71. The van der Waals surface area contributed by atoms with Gasteiger partial charge in [-0.3, -0.25) is 0 Å². The molecule has 0 aromatic carbocycles. The van der Waals surface area contributed by atoms with Crippen molar-refractivity contribution >= 4 is 6.03 Å². The van der Waals surface area contributed by atoms with E-state index in [1.807, 2.05) is 4.90 Å². The lowest BCUT2D eigenvalue weighted by Crippen LogP contribution is -2.53. The van der Waals surface area contributed by atoms with Crippen LogP contribution in [0.1, 0.15) is 52.9 Å². The Morgan fingerprint density at radius 2 is 1.73 bits per heavy atom. The lowest BCUT2D eigenvalue weighted by molar-refractivity contribution is 0.0851. The van der Waals surface area contributed by atoms with Crippen LogP contribution in [0.2, 0.25) is 0 Å². The maximum Gasteiger partial charge on any atom is 0.317 e. The van der Waals surface area contributed by atoms with E-state index in [1.54, 1.807) is 0 Å². The first-order valence-corrected chi connectivity index (χ1v) is 8.94. The Hall–Kier alpha value is -0.810. The maximum atomic E-state index is 12.3. The van der Waals surface area contributed by atoms with Gasteiger partial charge in [0.25, 0.3) is 0 Å². The number of β-amino-alcohol motifs (C(OH)–C–C–N with tert-alkyl or cyclic N) is 1. The summed E-state index contributed by atoms with van der Waals surface area (Å²) < 4.78 is 0. The Kier molecular flexibility index (Phi) is 6.50. The first-order valence-electron chi connectivity index (χ1n) is 8.94. The highest BCUT2D eigenvalue weighted by Gasteiger charge is 2.29. The summed E-state index contributed by atoms with van der Waals surface area (Å²) in [5.74, 6) is 0.801. The molecule has 2 aliphatic heterocycles. The molecule has 0 unspecified atom stereocenters. The molecule has 0 radical (unpaired) electrons. The number of rotatable bonds is 4. The van der Waals surface area contributed by atoms with Crippen LogP contribution in [0.25, 0.3) is 0 Å². The van der Waals surface area contributed by atoms with Crippen LogP contribution in [0.3, 0.4) is 0 Å². The van der Waals surface area contributed by atoms with Crippen LogP contribution in [-0.2, 0) is 0 Å². The molecule has 0 aromatic rings. The van der Waals surface area contributed by atoms with E-state index in [0.29, 0.717) is 25.2 Å². The molecule has 128 valence electrons. The zero-order chi connectivity index (χ0) is 16.1. The van der Waals surface area contributed by atoms with Crippen LogP contribution in [0, 0.1) is 5.92 Å². The number of hydrogen-bond acceptors (Lipinski definition) is 3. The van der Waals surface area contributed by atoms with Crippen molar-refractivity contribution in [3.05, 3.63) is 0 Å². The van der Waals surface area contributed by atoms with Gasteiger partial charge in [-0.25, -0.2) is 4.79 Å². The van der Waals surface area contributed by atoms with Gasteiger partial charge in [0.15, 0.2) is 0 Å². The van der Waals surface area contributed by atoms with E-state index in [2.05, 4.69) is 31.0 Å². The van der Waals surface area contributed by atoms with Crippen LogP contribution in [0.4, 0.5) is 4.79 Å². The monoisotopic (exact) mass is 311 g/mol. The van der Waals surface area contributed by atoms with E-state index in [1.165, 1.54) is 19.3 Å². The molecule has 2 fully saturated rings. The third kappa shape index (κ3) is 4.85. The van der Waals surface area contributed by atoms with Crippen LogP contribution in [-0.4, -0.2) is 65.3 Å². The summed E-state index contributed by atoms with van der Waals surface area (Å²) in [6.45, 7) is 9.65. The molecule has 3 atom stereocenters. The maximum absolute atomic E-state index is 12.3. The van der Waals surface area contributed by atoms with Gasteiger partial charge in [-0.15, -0.1) is 0 Å². The molecule has 0 aromatic heterocycles. The molecule has 2 rings (SSSR count). The summed E-state index contributed by atoms with van der Waals surface area (Å²) >= 11 is 0. The number of amides is 2. The Morgan fingerprint density at radius 3 is 2.32 bits per heavy atom. The molecule has 5 nitrogen and oxygen atoms in total. The molecule has 0 saturated carbocycles. The summed E-state index contributed by atoms with van der Waals surface area (Å²) in [7, 11) is 0. The molecule has 22 heavy (non-hydrogen) atoms. The fraction of sp³-hybridized carbons (Fsp3) is 0.941. The fourth-order valence-corrected chi connectivity index (χ4v) is 3.73. The van der Waals surface area contributed by atoms with Gasteiger partial charge in [0.1, 0.15) is 0 Å². The van der Waals surface area contributed by atoms with Crippen LogP contribution in [0.15, 0.2) is 0 Å². The van der Waals surface area contributed by atoms with Crippen molar-refractivity contribution in [3.63, 3.8) is 0 Å². The summed E-state index contributed by atoms with van der Waals surface area (Å²) in [4.78, 5) is 16.6. The highest BCUT2D eigenvalue weighted by atomic mass is 16.3. The van der Waals surface area contributed by atoms with Crippen molar-refractivity contribution in [2.45, 2.75) is 71.1 Å². The van der Waals surface area contributed by atoms with Crippen molar-refractivity contribution in [2.75, 3.05) is 26.2 Å². The zero-order valence-corrected chi connectivity index (χ0v) is 14.4. The van der Waals surface area contributed by atoms with Gasteiger partial charge in [0.2, 0.25) is 0 Å². The largest absolute Gasteiger partial charge is 0.390 e. The molecular formula is C17H33N3O2. The van der Waals surface area contributed by atoms with Gasteiger partial charge in [0, 0.05) is 25.2 Å². The highest BCUT2D eigenvalue weighted by molar-refractivity contribution is 5.75. The lowest BCUT2D eigenvalue weighted by atomic mass is 9.98. The van der Waals surface area contributed by atoms with Crippen molar-refractivity contribution in [2.24, 2.45) is 5.92 Å². The number of nitrogens with zero attached hydrogens (tertiary/aromatic N) is 2. The second kappa shape index (κ2) is 8.16. The van der Waals surface area contributed by atoms with Crippen LogP contribution < -0.4 is 5.32 Å². The predicted molar refractivity (Wildman–Crippen MR) is 88.9 cm³/mol. The third-order valence-corrected chi connectivity index (χ3v) is 5.26. The Bertz CT molecular complexity index is 346. The minimum atomic E-state index is -0.479. The summed E-state index contributed by atoms with van der Waals surface area (Å²) in [6, 6.07) is 0.569. The molecule has 2 aliphatic rings. The number of aliphatic hydroxyl groups is 1. The minimum absolute atomic E-state index is 0.0222. The molecule has 0 bridgehead atoms. The van der Waals surface area contributed by atoms with E-state index >= 15 is 0 Å². The number of piperidine rings is 2. The van der Waals surface area contributed by atoms with Gasteiger partial charge in [-0.05, 0) is 65.0 Å². The van der Waals surface area contributed by atoms with Crippen LogP contribution in [0.5, 0.6) is 0 Å². The topological polar surface area (TPSA) is 55.8 Å². The standard InChI is InChI=1S/C17H33N3O2/c1-13-7-9-19(10-8-13)12-16(21)11-18-17(22)20-14(2)5-4-6-15(20)3/h13-16,21H,4-12H2,1-3H3,(H,18,22)/t14-,15+,16-/m1/s1. The van der Waals surface area contributed by atoms with Crippen molar-refractivity contribution < 1.29 is 9.90 Å². The second-order valence-corrected chi connectivity index (χ2v) is 7.36. The zero-order valence-electron chi connectivity index (χ0n) is 14.4. The first kappa shape index (κ1) is 17.5. The summed E-state index contributed by atoms with van der Waals surface area (Å²) in [5.41, 5.74) is 0. The molecular weight excluding hydrogens is 278 g/mol. The number of urea groups is 1. The van der Waals surface area contributed by atoms with E-state index in [0.717, 1.165) is 31.8 Å². The van der Waals surface area contributed by atoms with Crippen molar-refractivity contribution in [1.29, 1.82) is 0 Å². The average Bonchev–Trinajstić information content (AvgIpc) is 2.47. The van der Waals surface area contributed by atoms with Gasteiger partial charge in [-0.1, -0.05) is 6.92 Å². The molecule has 2 amide bonds. The normalized spacial score (nSPS) is 29.4. The van der Waals surface area contributed by atoms with E-state index < -0.39 is 6.10 Å². The smallest absolute Gasteiger partial charge is 0.317 e. The Labute approximate surface area is 135 Å². The highest BCUT2D eigenvalue weighted by Crippen LogP contribution is 2.22. The number of carbonyl (C=O) groups is 1. The summed E-state index contributed by atoms with van der Waals surface area (Å²) in [5, 5.41) is 13.1. The van der Waals surface area contributed by atoms with Gasteiger partial charge < -0.3 is 20.2 Å². The number of hydrogen-bond donors (Lipinski definition) is 2. The minimum Gasteiger partial charge on any atom is -0.390 e. The molecule has 5 heteroatoms. The molecule has 0 spiro atoms. The van der Waals surface area contributed by atoms with E-state index in [4.69, 9.17) is 0 Å². The molecule has 0 aliphatic carbocycles. The molecule has 2 N–H and O–H groups in total. The summed E-state index contributed by atoms with van der Waals surface area (Å²) in [6.07, 6.45) is 5.29. The molecule has 2 saturated heterocycles. The molecule has 2 heterocycles. The fourth-order valence-electron chi connectivity index (χ4n) is 3.73. The Morgan fingerprint density at radius 1 is 1.14 bits per heavy atom. The van der Waals surface area contributed by atoms with Crippen molar-refractivity contribution in [1.82, 2.24) is 15.1 Å². The van der Waals surface area contributed by atoms with Gasteiger partial charge in [0.05, 0.1) is 6.10 Å². The lowest BCUT2D eigenvalue weighted by Gasteiger charge is -2.39. The second-order valence-electron chi connectivity index (χ2n) is 7.36. The van der Waals surface area contributed by atoms with Crippen LogP contribution >= 0.6 is 0 Å². The van der Waals surface area contributed by atoms with Gasteiger partial charge >= 0.3 is 6.03 Å². The third-order valence-electron chi connectivity index (χ3n) is 5.26. The number of aliphatic hydroxyl groups excluding tert-OH is 1.